The van der Waals surface area contributed by atoms with Gasteiger partial charge in [-0.05, 0) is 41.2 Å². The first-order valence-corrected chi connectivity index (χ1v) is 8.62. The fraction of sp³-hybridized carbons (Fsp3) is 0.0909. The Morgan fingerprint density at radius 2 is 1.19 bits per heavy atom. The minimum atomic E-state index is 0.277. The van der Waals surface area contributed by atoms with E-state index in [0.29, 0.717) is 0 Å². The van der Waals surface area contributed by atoms with Crippen LogP contribution in [0, 0.1) is 0 Å². The lowest BCUT2D eigenvalue weighted by molar-refractivity contribution is 1.09. The Balaban J connectivity index is 1.87. The van der Waals surface area contributed by atoms with Crippen molar-refractivity contribution in [2.75, 3.05) is 11.5 Å². The van der Waals surface area contributed by atoms with Crippen LogP contribution in [0.4, 0.5) is 11.6 Å². The number of nitrogen functional groups attached to an aromatic ring is 2. The van der Waals surface area contributed by atoms with Gasteiger partial charge in [-0.3, -0.25) is 0 Å². The standard InChI is InChI=1S/C22H20N4/c23-21-22(24)26-20-18(14-16-9-5-2-6-10-16)17(11-12-19(20)25-21)13-15-7-3-1-4-8-15/h1-12H,13-14H2,(H2,23,25)(H2,24,26). The third-order valence-corrected chi connectivity index (χ3v) is 4.56. The van der Waals surface area contributed by atoms with Crippen LogP contribution >= 0.6 is 0 Å². The summed E-state index contributed by atoms with van der Waals surface area (Å²) in [7, 11) is 0. The van der Waals surface area contributed by atoms with Crippen molar-refractivity contribution in [3.63, 3.8) is 0 Å². The van der Waals surface area contributed by atoms with E-state index in [9.17, 15) is 0 Å². The van der Waals surface area contributed by atoms with Crippen molar-refractivity contribution in [1.29, 1.82) is 0 Å². The molecule has 26 heavy (non-hydrogen) atoms. The van der Waals surface area contributed by atoms with Crippen molar-refractivity contribution in [3.8, 4) is 0 Å². The summed E-state index contributed by atoms with van der Waals surface area (Å²) in [5, 5.41) is 0. The molecular formula is C22H20N4. The second-order valence-corrected chi connectivity index (χ2v) is 6.39. The smallest absolute Gasteiger partial charge is 0.166 e. The fourth-order valence-electron chi connectivity index (χ4n) is 3.22. The normalized spacial score (nSPS) is 10.9. The molecule has 4 rings (SSSR count). The monoisotopic (exact) mass is 340 g/mol. The van der Waals surface area contributed by atoms with E-state index in [4.69, 9.17) is 11.5 Å². The molecule has 0 aliphatic carbocycles. The first-order valence-electron chi connectivity index (χ1n) is 8.62. The second kappa shape index (κ2) is 6.84. The Labute approximate surface area is 152 Å². The number of aromatic nitrogens is 2. The summed E-state index contributed by atoms with van der Waals surface area (Å²) >= 11 is 0. The molecular weight excluding hydrogens is 320 g/mol. The number of benzene rings is 3. The quantitative estimate of drug-likeness (QED) is 0.589. The third kappa shape index (κ3) is 3.22. The van der Waals surface area contributed by atoms with E-state index in [1.165, 1.54) is 16.7 Å². The Bertz CT molecular complexity index is 1040. The van der Waals surface area contributed by atoms with Crippen molar-refractivity contribution in [2.45, 2.75) is 12.8 Å². The molecule has 0 radical (unpaired) electrons. The van der Waals surface area contributed by atoms with Crippen LogP contribution in [0.1, 0.15) is 22.3 Å². The summed E-state index contributed by atoms with van der Waals surface area (Å²) in [5.74, 6) is 0.558. The number of rotatable bonds is 4. The molecule has 0 amide bonds. The second-order valence-electron chi connectivity index (χ2n) is 6.39. The predicted molar refractivity (Wildman–Crippen MR) is 107 cm³/mol. The van der Waals surface area contributed by atoms with Crippen LogP contribution in [0.2, 0.25) is 0 Å². The molecule has 0 aliphatic rings. The van der Waals surface area contributed by atoms with Gasteiger partial charge in [0, 0.05) is 0 Å². The maximum Gasteiger partial charge on any atom is 0.166 e. The number of anilines is 2. The molecule has 4 nitrogen and oxygen atoms in total. The van der Waals surface area contributed by atoms with Crippen molar-refractivity contribution >= 4 is 22.7 Å². The molecule has 0 atom stereocenters. The molecule has 0 spiro atoms. The lowest BCUT2D eigenvalue weighted by Gasteiger charge is -2.14. The number of hydrogen-bond acceptors (Lipinski definition) is 4. The number of nitrogens with two attached hydrogens (primary N) is 2. The summed E-state index contributed by atoms with van der Waals surface area (Å²) in [6.07, 6.45) is 1.61. The maximum atomic E-state index is 5.95. The van der Waals surface area contributed by atoms with Crippen molar-refractivity contribution in [1.82, 2.24) is 9.97 Å². The minimum Gasteiger partial charge on any atom is -0.381 e. The molecule has 0 aliphatic heterocycles. The van der Waals surface area contributed by atoms with E-state index in [0.717, 1.165) is 29.4 Å². The lowest BCUT2D eigenvalue weighted by Crippen LogP contribution is -2.05. The highest BCUT2D eigenvalue weighted by Crippen LogP contribution is 2.27. The molecule has 1 aromatic heterocycles. The molecule has 4 aromatic rings. The summed E-state index contributed by atoms with van der Waals surface area (Å²) in [6.45, 7) is 0. The molecule has 1 heterocycles. The summed E-state index contributed by atoms with van der Waals surface area (Å²) in [5.41, 5.74) is 18.3. The Morgan fingerprint density at radius 3 is 1.85 bits per heavy atom. The number of nitrogens with zero attached hydrogens (tertiary/aromatic N) is 2. The zero-order valence-electron chi connectivity index (χ0n) is 14.4. The van der Waals surface area contributed by atoms with E-state index < -0.39 is 0 Å². The molecule has 4 N–H and O–H groups in total. The lowest BCUT2D eigenvalue weighted by atomic mass is 9.94. The first-order chi connectivity index (χ1) is 12.7. The minimum absolute atomic E-state index is 0.277. The third-order valence-electron chi connectivity index (χ3n) is 4.56. The largest absolute Gasteiger partial charge is 0.381 e. The van der Waals surface area contributed by atoms with E-state index in [2.05, 4.69) is 64.6 Å². The van der Waals surface area contributed by atoms with E-state index in [1.54, 1.807) is 0 Å². The maximum absolute atomic E-state index is 5.95. The van der Waals surface area contributed by atoms with E-state index >= 15 is 0 Å². The SMILES string of the molecule is Nc1nc2ccc(Cc3ccccc3)c(Cc3ccccc3)c2nc1N. The average Bonchev–Trinajstić information content (AvgIpc) is 2.67. The molecule has 128 valence electrons. The van der Waals surface area contributed by atoms with Crippen LogP contribution in [-0.4, -0.2) is 9.97 Å². The number of fused-ring (bicyclic) bond motifs is 1. The van der Waals surface area contributed by atoms with Crippen molar-refractivity contribution in [2.24, 2.45) is 0 Å². The van der Waals surface area contributed by atoms with Crippen LogP contribution in [0.3, 0.4) is 0 Å². The van der Waals surface area contributed by atoms with Gasteiger partial charge in [0.25, 0.3) is 0 Å². The van der Waals surface area contributed by atoms with Gasteiger partial charge in [0.2, 0.25) is 0 Å². The van der Waals surface area contributed by atoms with Gasteiger partial charge in [-0.2, -0.15) is 0 Å². The van der Waals surface area contributed by atoms with Crippen LogP contribution < -0.4 is 11.5 Å². The Kier molecular flexibility index (Phi) is 4.23. The Morgan fingerprint density at radius 1 is 0.615 bits per heavy atom. The summed E-state index contributed by atoms with van der Waals surface area (Å²) in [6, 6.07) is 24.9. The van der Waals surface area contributed by atoms with Gasteiger partial charge in [-0.1, -0.05) is 66.7 Å². The van der Waals surface area contributed by atoms with Crippen LogP contribution in [-0.2, 0) is 12.8 Å². The zero-order valence-corrected chi connectivity index (χ0v) is 14.4. The van der Waals surface area contributed by atoms with Gasteiger partial charge in [-0.15, -0.1) is 0 Å². The number of hydrogen-bond donors (Lipinski definition) is 2. The molecule has 0 fully saturated rings. The average molecular weight is 340 g/mol. The molecule has 0 saturated heterocycles. The van der Waals surface area contributed by atoms with Gasteiger partial charge in [0.15, 0.2) is 11.6 Å². The summed E-state index contributed by atoms with van der Waals surface area (Å²) in [4.78, 5) is 8.98. The van der Waals surface area contributed by atoms with Crippen molar-refractivity contribution < 1.29 is 0 Å². The van der Waals surface area contributed by atoms with Crippen LogP contribution in [0.15, 0.2) is 72.8 Å². The topological polar surface area (TPSA) is 77.8 Å². The van der Waals surface area contributed by atoms with Crippen LogP contribution in [0.25, 0.3) is 11.0 Å². The van der Waals surface area contributed by atoms with Gasteiger partial charge in [0.1, 0.15) is 0 Å². The highest BCUT2D eigenvalue weighted by atomic mass is 15.0. The molecule has 0 bridgehead atoms. The van der Waals surface area contributed by atoms with Gasteiger partial charge >= 0.3 is 0 Å². The highest BCUT2D eigenvalue weighted by Gasteiger charge is 2.13. The molecule has 3 aromatic carbocycles. The van der Waals surface area contributed by atoms with Gasteiger partial charge < -0.3 is 11.5 Å². The Hall–Kier alpha value is -3.40. The highest BCUT2D eigenvalue weighted by molar-refractivity contribution is 5.83. The zero-order chi connectivity index (χ0) is 17.9. The predicted octanol–water partition coefficient (Wildman–Crippen LogP) is 3.98. The van der Waals surface area contributed by atoms with E-state index in [-0.39, 0.29) is 11.6 Å². The first kappa shape index (κ1) is 16.1. The molecule has 0 unspecified atom stereocenters. The van der Waals surface area contributed by atoms with Crippen LogP contribution in [0.5, 0.6) is 0 Å². The fourth-order valence-corrected chi connectivity index (χ4v) is 3.22. The summed E-state index contributed by atoms with van der Waals surface area (Å²) < 4.78 is 0. The van der Waals surface area contributed by atoms with E-state index in [1.807, 2.05) is 18.2 Å². The van der Waals surface area contributed by atoms with Gasteiger partial charge in [0.05, 0.1) is 11.0 Å². The molecule has 0 saturated carbocycles. The van der Waals surface area contributed by atoms with Crippen molar-refractivity contribution in [3.05, 3.63) is 95.1 Å². The van der Waals surface area contributed by atoms with Gasteiger partial charge in [-0.25, -0.2) is 9.97 Å². The molecule has 4 heteroatoms.